The number of nitrogens with one attached hydrogen (secondary N) is 1. The molecule has 5 heteroatoms. The molecule has 0 atom stereocenters. The predicted octanol–water partition coefficient (Wildman–Crippen LogP) is 3.08. The smallest absolute Gasteiger partial charge is 0.231 e. The summed E-state index contributed by atoms with van der Waals surface area (Å²) < 4.78 is 10.9. The van der Waals surface area contributed by atoms with Crippen molar-refractivity contribution in [3.63, 3.8) is 0 Å². The van der Waals surface area contributed by atoms with Crippen molar-refractivity contribution in [3.8, 4) is 11.5 Å². The molecule has 1 saturated carbocycles. The molecule has 4 rings (SSSR count). The van der Waals surface area contributed by atoms with E-state index in [0.29, 0.717) is 25.3 Å². The number of ether oxygens (including phenoxy) is 2. The molecule has 2 heterocycles. The highest BCUT2D eigenvalue weighted by Crippen LogP contribution is 2.34. The van der Waals surface area contributed by atoms with Crippen LogP contribution in [0.2, 0.25) is 0 Å². The van der Waals surface area contributed by atoms with E-state index in [-0.39, 0.29) is 5.92 Å². The van der Waals surface area contributed by atoms with Crippen LogP contribution in [0.25, 0.3) is 0 Å². The lowest BCUT2D eigenvalue weighted by atomic mass is 9.90. The fourth-order valence-corrected chi connectivity index (χ4v) is 4.32. The van der Waals surface area contributed by atoms with Crippen molar-refractivity contribution in [1.82, 2.24) is 10.2 Å². The number of hydrogen-bond acceptors (Lipinski definition) is 4. The van der Waals surface area contributed by atoms with Gasteiger partial charge in [-0.05, 0) is 56.5 Å². The van der Waals surface area contributed by atoms with Gasteiger partial charge in [-0.25, -0.2) is 0 Å². The summed E-state index contributed by atoms with van der Waals surface area (Å²) in [6.45, 7) is 2.89. The molecular formula is C20H28N2O3. The van der Waals surface area contributed by atoms with Crippen LogP contribution in [0.15, 0.2) is 18.2 Å². The Balaban J connectivity index is 1.52. The van der Waals surface area contributed by atoms with E-state index in [9.17, 15) is 4.79 Å². The number of piperidine rings is 1. The molecule has 25 heavy (non-hydrogen) atoms. The molecular weight excluding hydrogens is 316 g/mol. The van der Waals surface area contributed by atoms with E-state index in [1.54, 1.807) is 0 Å². The minimum atomic E-state index is 0.178. The first-order valence-electron chi connectivity index (χ1n) is 9.71. The van der Waals surface area contributed by atoms with Crippen LogP contribution in [0.5, 0.6) is 11.5 Å². The van der Waals surface area contributed by atoms with Crippen molar-refractivity contribution in [1.29, 1.82) is 0 Å². The van der Waals surface area contributed by atoms with Crippen molar-refractivity contribution in [2.45, 2.75) is 57.5 Å². The van der Waals surface area contributed by atoms with Crippen molar-refractivity contribution in [2.24, 2.45) is 5.92 Å². The molecule has 1 saturated heterocycles. The Morgan fingerprint density at radius 2 is 1.80 bits per heavy atom. The predicted molar refractivity (Wildman–Crippen MR) is 95.6 cm³/mol. The Kier molecular flexibility index (Phi) is 5.11. The largest absolute Gasteiger partial charge is 0.454 e. The number of hydrogen-bond donors (Lipinski definition) is 1. The summed E-state index contributed by atoms with van der Waals surface area (Å²) in [5, 5.41) is 3.36. The van der Waals surface area contributed by atoms with E-state index in [0.717, 1.165) is 55.8 Å². The Morgan fingerprint density at radius 3 is 2.60 bits per heavy atom. The highest BCUT2D eigenvalue weighted by atomic mass is 16.7. The third-order valence-corrected chi connectivity index (χ3v) is 5.78. The molecule has 5 nitrogen and oxygen atoms in total. The van der Waals surface area contributed by atoms with Crippen molar-refractivity contribution in [3.05, 3.63) is 23.8 Å². The Morgan fingerprint density at radius 1 is 1.04 bits per heavy atom. The van der Waals surface area contributed by atoms with E-state index in [4.69, 9.17) is 9.47 Å². The summed E-state index contributed by atoms with van der Waals surface area (Å²) in [5.74, 6) is 2.14. The van der Waals surface area contributed by atoms with Gasteiger partial charge < -0.3 is 19.7 Å². The molecule has 0 unspecified atom stereocenters. The molecule has 0 aromatic heterocycles. The molecule has 0 spiro atoms. The van der Waals surface area contributed by atoms with Gasteiger partial charge in [-0.3, -0.25) is 4.79 Å². The Labute approximate surface area is 149 Å². The lowest BCUT2D eigenvalue weighted by Gasteiger charge is -2.37. The number of benzene rings is 1. The molecule has 0 radical (unpaired) electrons. The quantitative estimate of drug-likeness (QED) is 0.912. The second-order valence-corrected chi connectivity index (χ2v) is 7.47. The van der Waals surface area contributed by atoms with Gasteiger partial charge in [-0.1, -0.05) is 25.3 Å². The fourth-order valence-electron chi connectivity index (χ4n) is 4.32. The molecule has 1 N–H and O–H groups in total. The molecule has 1 aromatic carbocycles. The van der Waals surface area contributed by atoms with E-state index in [2.05, 4.69) is 16.3 Å². The van der Waals surface area contributed by atoms with Crippen LogP contribution in [-0.2, 0) is 11.3 Å². The fraction of sp³-hybridized carbons (Fsp3) is 0.650. The summed E-state index contributed by atoms with van der Waals surface area (Å²) >= 11 is 0. The number of amides is 1. The maximum atomic E-state index is 13.3. The minimum Gasteiger partial charge on any atom is -0.454 e. The van der Waals surface area contributed by atoms with E-state index in [1.165, 1.54) is 19.3 Å². The third-order valence-electron chi connectivity index (χ3n) is 5.78. The first-order chi connectivity index (χ1) is 12.3. The van der Waals surface area contributed by atoms with Crippen LogP contribution in [-0.4, -0.2) is 36.7 Å². The number of rotatable bonds is 4. The normalized spacial score (nSPS) is 21.3. The van der Waals surface area contributed by atoms with Gasteiger partial charge in [0.15, 0.2) is 11.5 Å². The second-order valence-electron chi connectivity index (χ2n) is 7.47. The zero-order valence-corrected chi connectivity index (χ0v) is 14.8. The van der Waals surface area contributed by atoms with Gasteiger partial charge >= 0.3 is 0 Å². The summed E-state index contributed by atoms with van der Waals surface area (Å²) in [7, 11) is 0. The average molecular weight is 344 g/mol. The molecule has 1 aromatic rings. The standard InChI is InChI=1S/C20H28N2O3/c23-20(16-8-10-21-11-9-16)22(17-4-2-1-3-5-17)13-15-6-7-18-19(12-15)25-14-24-18/h6-7,12,16-17,21H,1-5,8-11,13-14H2. The van der Waals surface area contributed by atoms with Gasteiger partial charge in [0.2, 0.25) is 12.7 Å². The van der Waals surface area contributed by atoms with Crippen molar-refractivity contribution >= 4 is 5.91 Å². The number of fused-ring (bicyclic) bond motifs is 1. The topological polar surface area (TPSA) is 50.8 Å². The van der Waals surface area contributed by atoms with E-state index < -0.39 is 0 Å². The Bertz CT molecular complexity index is 607. The highest BCUT2D eigenvalue weighted by Gasteiger charge is 2.31. The molecule has 3 aliphatic rings. The van der Waals surface area contributed by atoms with Crippen LogP contribution >= 0.6 is 0 Å². The van der Waals surface area contributed by atoms with Gasteiger partial charge in [0.05, 0.1) is 0 Å². The van der Waals surface area contributed by atoms with Crippen LogP contribution in [0, 0.1) is 5.92 Å². The van der Waals surface area contributed by atoms with Crippen molar-refractivity contribution < 1.29 is 14.3 Å². The van der Waals surface area contributed by atoms with Crippen LogP contribution in [0.4, 0.5) is 0 Å². The van der Waals surface area contributed by atoms with Gasteiger partial charge in [0.25, 0.3) is 0 Å². The van der Waals surface area contributed by atoms with E-state index >= 15 is 0 Å². The number of nitrogens with zero attached hydrogens (tertiary/aromatic N) is 1. The van der Waals surface area contributed by atoms with Gasteiger partial charge in [-0.15, -0.1) is 0 Å². The Hall–Kier alpha value is -1.75. The molecule has 136 valence electrons. The maximum Gasteiger partial charge on any atom is 0.231 e. The zero-order valence-electron chi connectivity index (χ0n) is 14.8. The lowest BCUT2D eigenvalue weighted by Crippen LogP contribution is -2.46. The van der Waals surface area contributed by atoms with Gasteiger partial charge in [-0.2, -0.15) is 0 Å². The SMILES string of the molecule is O=C(C1CCNCC1)N(Cc1ccc2c(c1)OCO2)C1CCCCC1. The first-order valence-corrected chi connectivity index (χ1v) is 9.71. The second kappa shape index (κ2) is 7.65. The molecule has 2 fully saturated rings. The van der Waals surface area contributed by atoms with Gasteiger partial charge in [0, 0.05) is 18.5 Å². The van der Waals surface area contributed by atoms with Crippen LogP contribution in [0.1, 0.15) is 50.5 Å². The third kappa shape index (κ3) is 3.76. The van der Waals surface area contributed by atoms with Crippen molar-refractivity contribution in [2.75, 3.05) is 19.9 Å². The number of carbonyl (C=O) groups is 1. The first kappa shape index (κ1) is 16.7. The molecule has 0 bridgehead atoms. The van der Waals surface area contributed by atoms with Gasteiger partial charge in [0.1, 0.15) is 0 Å². The summed E-state index contributed by atoms with van der Waals surface area (Å²) in [4.78, 5) is 15.5. The molecule has 1 amide bonds. The van der Waals surface area contributed by atoms with Crippen LogP contribution < -0.4 is 14.8 Å². The summed E-state index contributed by atoms with van der Waals surface area (Å²) in [6.07, 6.45) is 7.98. The average Bonchev–Trinajstić information content (AvgIpc) is 3.15. The minimum absolute atomic E-state index is 0.178. The van der Waals surface area contributed by atoms with Crippen LogP contribution in [0.3, 0.4) is 0 Å². The maximum absolute atomic E-state index is 13.3. The number of carbonyl (C=O) groups excluding carboxylic acids is 1. The monoisotopic (exact) mass is 344 g/mol. The molecule has 2 aliphatic heterocycles. The zero-order chi connectivity index (χ0) is 17.1. The molecule has 1 aliphatic carbocycles. The van der Waals surface area contributed by atoms with E-state index in [1.807, 2.05) is 12.1 Å². The highest BCUT2D eigenvalue weighted by molar-refractivity contribution is 5.79. The lowest BCUT2D eigenvalue weighted by molar-refractivity contribution is -0.140. The summed E-state index contributed by atoms with van der Waals surface area (Å²) in [6, 6.07) is 6.46. The summed E-state index contributed by atoms with van der Waals surface area (Å²) in [5.41, 5.74) is 1.14.